The lowest BCUT2D eigenvalue weighted by atomic mass is 9.76. The molecule has 0 radical (unpaired) electrons. The Balaban J connectivity index is 1.64. The van der Waals surface area contributed by atoms with Crippen LogP contribution in [-0.4, -0.2) is 27.9 Å². The van der Waals surface area contributed by atoms with E-state index in [1.165, 1.54) is 18.3 Å². The van der Waals surface area contributed by atoms with Gasteiger partial charge in [0.25, 0.3) is 0 Å². The maximum absolute atomic E-state index is 12.9. The highest BCUT2D eigenvalue weighted by atomic mass is 19.1. The van der Waals surface area contributed by atoms with Gasteiger partial charge in [0.15, 0.2) is 5.78 Å². The Bertz CT molecular complexity index is 959. The summed E-state index contributed by atoms with van der Waals surface area (Å²) in [4.78, 5) is 16.5. The summed E-state index contributed by atoms with van der Waals surface area (Å²) in [5.41, 5.74) is 3.14. The summed E-state index contributed by atoms with van der Waals surface area (Å²) < 4.78 is 18.6. The Hall–Kier alpha value is -3.03. The molecule has 5 nitrogen and oxygen atoms in total. The van der Waals surface area contributed by atoms with Crippen molar-refractivity contribution in [3.8, 4) is 5.88 Å². The van der Waals surface area contributed by atoms with Gasteiger partial charge in [0.2, 0.25) is 5.88 Å². The van der Waals surface area contributed by atoms with Crippen molar-refractivity contribution in [1.29, 1.82) is 0 Å². The van der Waals surface area contributed by atoms with Crippen LogP contribution in [-0.2, 0) is 13.0 Å². The molecule has 3 aromatic rings. The van der Waals surface area contributed by atoms with Gasteiger partial charge >= 0.3 is 7.12 Å². The number of aromatic nitrogens is 1. The summed E-state index contributed by atoms with van der Waals surface area (Å²) in [6.45, 7) is 2.02. The van der Waals surface area contributed by atoms with Crippen LogP contribution in [0.1, 0.15) is 27.0 Å². The van der Waals surface area contributed by atoms with Crippen LogP contribution in [0.3, 0.4) is 0 Å². The Morgan fingerprint density at radius 1 is 1.11 bits per heavy atom. The summed E-state index contributed by atoms with van der Waals surface area (Å²) in [6.07, 6.45) is 1.59. The quantitative estimate of drug-likeness (QED) is 0.486. The molecule has 0 saturated heterocycles. The number of rotatable bonds is 7. The van der Waals surface area contributed by atoms with Crippen molar-refractivity contribution in [3.63, 3.8) is 0 Å². The molecule has 0 amide bonds. The lowest BCUT2D eigenvalue weighted by Crippen LogP contribution is -2.33. The van der Waals surface area contributed by atoms with Crippen molar-refractivity contribution in [1.82, 2.24) is 4.98 Å². The van der Waals surface area contributed by atoms with Crippen LogP contribution in [0.4, 0.5) is 4.39 Å². The number of pyridine rings is 1. The Morgan fingerprint density at radius 2 is 1.86 bits per heavy atom. The van der Waals surface area contributed by atoms with Gasteiger partial charge in [-0.25, -0.2) is 9.37 Å². The van der Waals surface area contributed by atoms with E-state index in [0.29, 0.717) is 22.5 Å². The molecular weight excluding hydrogens is 360 g/mol. The van der Waals surface area contributed by atoms with E-state index in [1.54, 1.807) is 36.4 Å². The van der Waals surface area contributed by atoms with E-state index in [4.69, 9.17) is 4.74 Å². The van der Waals surface area contributed by atoms with E-state index >= 15 is 0 Å². The van der Waals surface area contributed by atoms with Gasteiger partial charge in [-0.3, -0.25) is 4.79 Å². The minimum atomic E-state index is -1.58. The fourth-order valence-electron chi connectivity index (χ4n) is 2.78. The fraction of sp³-hybridized carbons (Fsp3) is 0.143. The number of Topliss-reactive ketones (excluding diaryl/α,β-unsaturated/α-hetero) is 1. The summed E-state index contributed by atoms with van der Waals surface area (Å²) in [5.74, 6) is -0.155. The SMILES string of the molecule is Cc1ccc(B(O)O)c(COc2ccc(C(=O)Cc3ccc(F)cc3)cn2)c1. The molecule has 1 heterocycles. The van der Waals surface area contributed by atoms with Crippen LogP contribution in [0.25, 0.3) is 0 Å². The zero-order chi connectivity index (χ0) is 20.1. The molecule has 1 aromatic heterocycles. The minimum absolute atomic E-state index is 0.116. The summed E-state index contributed by atoms with van der Waals surface area (Å²) in [6, 6.07) is 14.2. The average Bonchev–Trinajstić information content (AvgIpc) is 2.68. The third-order valence-electron chi connectivity index (χ3n) is 4.29. The van der Waals surface area contributed by atoms with E-state index in [9.17, 15) is 19.2 Å². The van der Waals surface area contributed by atoms with Crippen LogP contribution < -0.4 is 10.2 Å². The molecule has 0 unspecified atom stereocenters. The van der Waals surface area contributed by atoms with E-state index in [0.717, 1.165) is 11.1 Å². The van der Waals surface area contributed by atoms with Crippen molar-refractivity contribution in [2.45, 2.75) is 20.0 Å². The summed E-state index contributed by atoms with van der Waals surface area (Å²) in [5, 5.41) is 18.9. The Labute approximate surface area is 162 Å². The number of hydrogen-bond donors (Lipinski definition) is 2. The molecule has 7 heteroatoms. The highest BCUT2D eigenvalue weighted by molar-refractivity contribution is 6.59. The number of ether oxygens (including phenoxy) is 1. The first kappa shape index (κ1) is 19.7. The molecule has 142 valence electrons. The number of carbonyl (C=O) groups excluding carboxylic acids is 1. The number of benzene rings is 2. The lowest BCUT2D eigenvalue weighted by molar-refractivity contribution is 0.0992. The van der Waals surface area contributed by atoms with Crippen molar-refractivity contribution in [3.05, 3.63) is 88.9 Å². The molecule has 0 aliphatic rings. The monoisotopic (exact) mass is 379 g/mol. The average molecular weight is 379 g/mol. The van der Waals surface area contributed by atoms with Gasteiger partial charge in [-0.2, -0.15) is 0 Å². The number of halogens is 1. The van der Waals surface area contributed by atoms with Crippen molar-refractivity contribution in [2.75, 3.05) is 0 Å². The zero-order valence-electron chi connectivity index (χ0n) is 15.3. The molecule has 3 rings (SSSR count). The van der Waals surface area contributed by atoms with Gasteiger partial charge in [-0.15, -0.1) is 0 Å². The summed E-state index contributed by atoms with van der Waals surface area (Å²) in [7, 11) is -1.58. The Morgan fingerprint density at radius 3 is 2.50 bits per heavy atom. The van der Waals surface area contributed by atoms with Gasteiger partial charge in [0.05, 0.1) is 0 Å². The van der Waals surface area contributed by atoms with Gasteiger partial charge in [-0.05, 0) is 41.7 Å². The molecule has 0 aliphatic heterocycles. The second-order valence-electron chi connectivity index (χ2n) is 6.48. The van der Waals surface area contributed by atoms with Crippen molar-refractivity contribution >= 4 is 18.4 Å². The maximum Gasteiger partial charge on any atom is 0.488 e. The predicted octanol–water partition coefficient (Wildman–Crippen LogP) is 2.21. The third kappa shape index (κ3) is 5.03. The second-order valence-corrected chi connectivity index (χ2v) is 6.48. The van der Waals surface area contributed by atoms with Crippen molar-refractivity contribution < 1.29 is 24.0 Å². The van der Waals surface area contributed by atoms with Gasteiger partial charge < -0.3 is 14.8 Å². The van der Waals surface area contributed by atoms with Crippen LogP contribution in [0.2, 0.25) is 0 Å². The molecule has 0 fully saturated rings. The molecule has 0 saturated carbocycles. The second kappa shape index (κ2) is 8.78. The normalized spacial score (nSPS) is 10.6. The van der Waals surface area contributed by atoms with Crippen LogP contribution in [0.5, 0.6) is 5.88 Å². The third-order valence-corrected chi connectivity index (χ3v) is 4.29. The van der Waals surface area contributed by atoms with Crippen LogP contribution in [0, 0.1) is 12.7 Å². The van der Waals surface area contributed by atoms with E-state index in [1.807, 2.05) is 13.0 Å². The lowest BCUT2D eigenvalue weighted by Gasteiger charge is -2.11. The minimum Gasteiger partial charge on any atom is -0.473 e. The molecule has 0 atom stereocenters. The molecule has 0 aliphatic carbocycles. The van der Waals surface area contributed by atoms with Crippen molar-refractivity contribution in [2.24, 2.45) is 0 Å². The topological polar surface area (TPSA) is 79.6 Å². The number of hydrogen-bond acceptors (Lipinski definition) is 5. The molecule has 0 bridgehead atoms. The smallest absolute Gasteiger partial charge is 0.473 e. The van der Waals surface area contributed by atoms with E-state index in [-0.39, 0.29) is 24.6 Å². The van der Waals surface area contributed by atoms with E-state index < -0.39 is 7.12 Å². The van der Waals surface area contributed by atoms with Gasteiger partial charge in [-0.1, -0.05) is 35.9 Å². The molecule has 2 aromatic carbocycles. The van der Waals surface area contributed by atoms with Crippen LogP contribution in [0.15, 0.2) is 60.8 Å². The van der Waals surface area contributed by atoms with E-state index in [2.05, 4.69) is 4.98 Å². The van der Waals surface area contributed by atoms with Gasteiger partial charge in [0.1, 0.15) is 12.4 Å². The molecule has 2 N–H and O–H groups in total. The highest BCUT2D eigenvalue weighted by Gasteiger charge is 2.16. The maximum atomic E-state index is 12.9. The first-order valence-corrected chi connectivity index (χ1v) is 8.74. The largest absolute Gasteiger partial charge is 0.488 e. The number of aryl methyl sites for hydroxylation is 1. The fourth-order valence-corrected chi connectivity index (χ4v) is 2.78. The molecule has 0 spiro atoms. The first-order chi connectivity index (χ1) is 13.4. The number of carbonyl (C=O) groups is 1. The first-order valence-electron chi connectivity index (χ1n) is 8.74. The molecule has 28 heavy (non-hydrogen) atoms. The number of ketones is 1. The zero-order valence-corrected chi connectivity index (χ0v) is 15.3. The van der Waals surface area contributed by atoms with Gasteiger partial charge in [0, 0.05) is 24.2 Å². The number of nitrogens with zero attached hydrogens (tertiary/aromatic N) is 1. The standard InChI is InChI=1S/C21H19BFNO4/c1-14-2-8-19(22(26)27)17(10-14)13-28-21-9-5-16(12-24-21)20(25)11-15-3-6-18(23)7-4-15/h2-10,12,26-27H,11,13H2,1H3. The van der Waals surface area contributed by atoms with Crippen LogP contribution >= 0.6 is 0 Å². The molecular formula is C21H19BFNO4. The highest BCUT2D eigenvalue weighted by Crippen LogP contribution is 2.13. The predicted molar refractivity (Wildman–Crippen MR) is 104 cm³/mol. The summed E-state index contributed by atoms with van der Waals surface area (Å²) >= 11 is 0. The Kier molecular flexibility index (Phi) is 6.18.